The van der Waals surface area contributed by atoms with E-state index in [1.807, 2.05) is 0 Å². The van der Waals surface area contributed by atoms with E-state index < -0.39 is 0 Å². The first-order chi connectivity index (χ1) is 3.38. The van der Waals surface area contributed by atoms with Crippen molar-refractivity contribution in [2.75, 3.05) is 6.54 Å². The molecule has 1 rings (SSSR count). The van der Waals surface area contributed by atoms with E-state index in [1.165, 1.54) is 0 Å². The van der Waals surface area contributed by atoms with Crippen LogP contribution in [0, 0.1) is 24.2 Å². The first-order valence-corrected chi connectivity index (χ1v) is 2.54. The molecule has 0 radical (unpaired) electrons. The van der Waals surface area contributed by atoms with Gasteiger partial charge in [-0.25, -0.2) is 0 Å². The SMILES string of the molecule is C#CC1CC1CN.Cl. The molecule has 0 bridgehead atoms. The predicted octanol–water partition coefficient (Wildman–Crippen LogP) is 0.636. The summed E-state index contributed by atoms with van der Waals surface area (Å²) in [6.45, 7) is 0.773. The van der Waals surface area contributed by atoms with Gasteiger partial charge in [0.05, 0.1) is 0 Å². The molecule has 0 saturated heterocycles. The summed E-state index contributed by atoms with van der Waals surface area (Å²) in [5, 5.41) is 0. The quantitative estimate of drug-likeness (QED) is 0.520. The van der Waals surface area contributed by atoms with E-state index >= 15 is 0 Å². The molecule has 1 saturated carbocycles. The normalized spacial score (nSPS) is 32.5. The highest BCUT2D eigenvalue weighted by Crippen LogP contribution is 2.35. The molecule has 46 valence electrons. The van der Waals surface area contributed by atoms with Crippen molar-refractivity contribution >= 4 is 12.4 Å². The largest absolute Gasteiger partial charge is 0.330 e. The molecule has 8 heavy (non-hydrogen) atoms. The lowest BCUT2D eigenvalue weighted by molar-refractivity contribution is 0.808. The Morgan fingerprint density at radius 3 is 2.50 bits per heavy atom. The van der Waals surface area contributed by atoms with Crippen LogP contribution in [-0.4, -0.2) is 6.54 Å². The third-order valence-electron chi connectivity index (χ3n) is 1.44. The summed E-state index contributed by atoms with van der Waals surface area (Å²) in [6, 6.07) is 0. The molecule has 0 aliphatic heterocycles. The second-order valence-corrected chi connectivity index (χ2v) is 2.00. The van der Waals surface area contributed by atoms with Gasteiger partial charge in [-0.3, -0.25) is 0 Å². The van der Waals surface area contributed by atoms with Crippen LogP contribution in [0.25, 0.3) is 0 Å². The van der Waals surface area contributed by atoms with Crippen LogP contribution in [0.2, 0.25) is 0 Å². The maximum absolute atomic E-state index is 5.30. The van der Waals surface area contributed by atoms with Crippen LogP contribution in [0.15, 0.2) is 0 Å². The molecule has 0 aromatic heterocycles. The van der Waals surface area contributed by atoms with Crippen molar-refractivity contribution in [1.82, 2.24) is 0 Å². The van der Waals surface area contributed by atoms with Gasteiger partial charge < -0.3 is 5.73 Å². The van der Waals surface area contributed by atoms with Gasteiger partial charge in [-0.2, -0.15) is 0 Å². The van der Waals surface area contributed by atoms with Crippen LogP contribution in [0.3, 0.4) is 0 Å². The Morgan fingerprint density at radius 1 is 1.75 bits per heavy atom. The molecule has 0 spiro atoms. The third kappa shape index (κ3) is 1.40. The number of hydrogen-bond donors (Lipinski definition) is 1. The van der Waals surface area contributed by atoms with E-state index in [-0.39, 0.29) is 12.4 Å². The van der Waals surface area contributed by atoms with Crippen LogP contribution < -0.4 is 5.73 Å². The predicted molar refractivity (Wildman–Crippen MR) is 36.7 cm³/mol. The van der Waals surface area contributed by atoms with Crippen LogP contribution in [0.1, 0.15) is 6.42 Å². The van der Waals surface area contributed by atoms with Crippen molar-refractivity contribution in [2.45, 2.75) is 6.42 Å². The number of terminal acetylenes is 1. The van der Waals surface area contributed by atoms with E-state index in [4.69, 9.17) is 12.2 Å². The fourth-order valence-corrected chi connectivity index (χ4v) is 0.712. The molecule has 2 heteroatoms. The molecular formula is C6H10ClN. The van der Waals surface area contributed by atoms with E-state index in [1.54, 1.807) is 0 Å². The van der Waals surface area contributed by atoms with Gasteiger partial charge in [0.25, 0.3) is 0 Å². The number of rotatable bonds is 1. The fourth-order valence-electron chi connectivity index (χ4n) is 0.712. The van der Waals surface area contributed by atoms with Gasteiger partial charge in [-0.15, -0.1) is 24.8 Å². The van der Waals surface area contributed by atoms with Gasteiger partial charge in [0.2, 0.25) is 0 Å². The molecule has 1 fully saturated rings. The maximum Gasteiger partial charge on any atom is 0.0244 e. The van der Waals surface area contributed by atoms with Crippen LogP contribution in [0.5, 0.6) is 0 Å². The summed E-state index contributed by atoms with van der Waals surface area (Å²) in [5.74, 6) is 3.84. The Hall–Kier alpha value is -0.190. The molecule has 2 unspecified atom stereocenters. The van der Waals surface area contributed by atoms with Gasteiger partial charge in [-0.05, 0) is 18.9 Å². The molecular weight excluding hydrogens is 122 g/mol. The minimum absolute atomic E-state index is 0. The molecule has 1 aliphatic carbocycles. The summed E-state index contributed by atoms with van der Waals surface area (Å²) < 4.78 is 0. The van der Waals surface area contributed by atoms with E-state index in [0.717, 1.165) is 13.0 Å². The highest BCUT2D eigenvalue weighted by Gasteiger charge is 2.33. The maximum atomic E-state index is 5.30. The van der Waals surface area contributed by atoms with Crippen molar-refractivity contribution in [3.05, 3.63) is 0 Å². The van der Waals surface area contributed by atoms with Crippen LogP contribution in [-0.2, 0) is 0 Å². The lowest BCUT2D eigenvalue weighted by Crippen LogP contribution is -2.01. The number of nitrogens with two attached hydrogens (primary N) is 1. The van der Waals surface area contributed by atoms with Gasteiger partial charge in [0, 0.05) is 5.92 Å². The smallest absolute Gasteiger partial charge is 0.0244 e. The molecule has 0 aromatic carbocycles. The second-order valence-electron chi connectivity index (χ2n) is 2.00. The average molecular weight is 132 g/mol. The molecule has 0 heterocycles. The van der Waals surface area contributed by atoms with Gasteiger partial charge in [0.15, 0.2) is 0 Å². The second kappa shape index (κ2) is 2.96. The monoisotopic (exact) mass is 131 g/mol. The Labute approximate surface area is 56.1 Å². The van der Waals surface area contributed by atoms with Crippen molar-refractivity contribution in [2.24, 2.45) is 17.6 Å². The summed E-state index contributed by atoms with van der Waals surface area (Å²) in [7, 11) is 0. The van der Waals surface area contributed by atoms with E-state index in [0.29, 0.717) is 11.8 Å². The Kier molecular flexibility index (Phi) is 2.89. The first kappa shape index (κ1) is 7.81. The van der Waals surface area contributed by atoms with E-state index in [2.05, 4.69) is 5.92 Å². The zero-order valence-electron chi connectivity index (χ0n) is 4.63. The van der Waals surface area contributed by atoms with Crippen molar-refractivity contribution in [3.8, 4) is 12.3 Å². The highest BCUT2D eigenvalue weighted by atomic mass is 35.5. The van der Waals surface area contributed by atoms with Crippen molar-refractivity contribution < 1.29 is 0 Å². The summed E-state index contributed by atoms with van der Waals surface area (Å²) in [4.78, 5) is 0. The Morgan fingerprint density at radius 2 is 2.38 bits per heavy atom. The molecule has 2 N–H and O–H groups in total. The summed E-state index contributed by atoms with van der Waals surface area (Å²) >= 11 is 0. The summed E-state index contributed by atoms with van der Waals surface area (Å²) in [5.41, 5.74) is 5.30. The number of halogens is 1. The molecule has 2 atom stereocenters. The Balaban J connectivity index is 0.000000490. The fraction of sp³-hybridized carbons (Fsp3) is 0.667. The summed E-state index contributed by atoms with van der Waals surface area (Å²) in [6.07, 6.45) is 6.25. The molecule has 1 aliphatic rings. The van der Waals surface area contributed by atoms with Gasteiger partial charge in [-0.1, -0.05) is 0 Å². The minimum atomic E-state index is 0. The standard InChI is InChI=1S/C6H9N.ClH/c1-2-5-3-6(5)4-7;/h1,5-6H,3-4,7H2;1H. The Bertz CT molecular complexity index is 106. The zero-order chi connectivity index (χ0) is 5.28. The third-order valence-corrected chi connectivity index (χ3v) is 1.44. The van der Waals surface area contributed by atoms with Crippen molar-refractivity contribution in [3.63, 3.8) is 0 Å². The average Bonchev–Trinajstić information content (AvgIpc) is 2.43. The molecule has 0 aromatic rings. The lowest BCUT2D eigenvalue weighted by atomic mass is 10.3. The van der Waals surface area contributed by atoms with Gasteiger partial charge in [0.1, 0.15) is 0 Å². The number of hydrogen-bond acceptors (Lipinski definition) is 1. The highest BCUT2D eigenvalue weighted by molar-refractivity contribution is 5.85. The topological polar surface area (TPSA) is 26.0 Å². The first-order valence-electron chi connectivity index (χ1n) is 2.54. The van der Waals surface area contributed by atoms with Crippen LogP contribution >= 0.6 is 12.4 Å². The zero-order valence-corrected chi connectivity index (χ0v) is 5.45. The lowest BCUT2D eigenvalue weighted by Gasteiger charge is -1.80. The minimum Gasteiger partial charge on any atom is -0.330 e. The van der Waals surface area contributed by atoms with E-state index in [9.17, 15) is 0 Å². The van der Waals surface area contributed by atoms with Crippen LogP contribution in [0.4, 0.5) is 0 Å². The van der Waals surface area contributed by atoms with Gasteiger partial charge >= 0.3 is 0 Å². The molecule has 1 nitrogen and oxygen atoms in total. The van der Waals surface area contributed by atoms with Crippen molar-refractivity contribution in [1.29, 1.82) is 0 Å². The molecule has 0 amide bonds.